The molecule has 0 radical (unpaired) electrons. The molecule has 9 heteroatoms. The van der Waals surface area contributed by atoms with Crippen molar-refractivity contribution >= 4 is 27.5 Å². The fourth-order valence-electron chi connectivity index (χ4n) is 2.32. The van der Waals surface area contributed by atoms with Gasteiger partial charge in [-0.1, -0.05) is 0 Å². The van der Waals surface area contributed by atoms with E-state index in [9.17, 15) is 18.0 Å². The zero-order chi connectivity index (χ0) is 20.7. The molecule has 0 saturated carbocycles. The average molecular weight is 407 g/mol. The van der Waals surface area contributed by atoms with Crippen LogP contribution in [0.3, 0.4) is 0 Å². The first-order valence-corrected chi connectivity index (χ1v) is 10.4. The van der Waals surface area contributed by atoms with E-state index in [1.165, 1.54) is 29.7 Å². The van der Waals surface area contributed by atoms with Crippen molar-refractivity contribution < 1.29 is 22.4 Å². The van der Waals surface area contributed by atoms with Crippen LogP contribution in [-0.4, -0.2) is 44.2 Å². The summed E-state index contributed by atoms with van der Waals surface area (Å²) in [4.78, 5) is 23.9. The molecule has 0 aliphatic carbocycles. The van der Waals surface area contributed by atoms with E-state index in [2.05, 4.69) is 10.6 Å². The molecule has 0 unspecified atom stereocenters. The first kappa shape index (κ1) is 21.6. The van der Waals surface area contributed by atoms with E-state index in [1.54, 1.807) is 38.1 Å². The van der Waals surface area contributed by atoms with Crippen molar-refractivity contribution in [3.63, 3.8) is 0 Å². The summed E-state index contributed by atoms with van der Waals surface area (Å²) in [5.74, 6) is -0.321. The van der Waals surface area contributed by atoms with E-state index in [1.807, 2.05) is 0 Å². The van der Waals surface area contributed by atoms with E-state index >= 15 is 0 Å². The Labute approximate surface area is 165 Å². The Kier molecular flexibility index (Phi) is 7.36. The van der Waals surface area contributed by atoms with E-state index < -0.39 is 10.0 Å². The van der Waals surface area contributed by atoms with E-state index in [-0.39, 0.29) is 34.9 Å². The van der Waals surface area contributed by atoms with Gasteiger partial charge in [0.05, 0.1) is 11.2 Å². The molecule has 28 heavy (non-hydrogen) atoms. The van der Waals surface area contributed by atoms with Crippen LogP contribution < -0.4 is 10.6 Å². The second-order valence-corrected chi connectivity index (χ2v) is 8.52. The highest BCUT2D eigenvalue weighted by Gasteiger charge is 2.22. The first-order valence-electron chi connectivity index (χ1n) is 8.91. The van der Waals surface area contributed by atoms with Crippen LogP contribution in [0, 0.1) is 0 Å². The third-order valence-electron chi connectivity index (χ3n) is 4.15. The van der Waals surface area contributed by atoms with E-state index in [4.69, 9.17) is 4.42 Å². The summed E-state index contributed by atoms with van der Waals surface area (Å²) in [6, 6.07) is 9.07. The van der Waals surface area contributed by atoms with Crippen molar-refractivity contribution in [3.05, 3.63) is 48.4 Å². The fraction of sp³-hybridized carbons (Fsp3) is 0.368. The molecule has 2 amide bonds. The standard InChI is InChI=1S/C19H25N3O5S/c1-14(2)22(3)28(25,26)16-10-8-15(9-11-16)21-18(23)7-4-12-20-19(24)17-6-5-13-27-17/h5-6,8-11,13-14H,4,7,12H2,1-3H3,(H,20,24)(H,21,23). The quantitative estimate of drug-likeness (QED) is 0.621. The molecular formula is C19H25N3O5S. The van der Waals surface area contributed by atoms with E-state index in [0.717, 1.165) is 0 Å². The van der Waals surface area contributed by atoms with Gasteiger partial charge in [-0.05, 0) is 56.7 Å². The van der Waals surface area contributed by atoms with Crippen molar-refractivity contribution in [1.29, 1.82) is 0 Å². The van der Waals surface area contributed by atoms with Crippen molar-refractivity contribution in [1.82, 2.24) is 9.62 Å². The van der Waals surface area contributed by atoms with Crippen LogP contribution in [0.25, 0.3) is 0 Å². The minimum atomic E-state index is -3.56. The number of rotatable bonds is 9. The lowest BCUT2D eigenvalue weighted by atomic mass is 10.2. The zero-order valence-electron chi connectivity index (χ0n) is 16.1. The summed E-state index contributed by atoms with van der Waals surface area (Å²) in [5, 5.41) is 5.37. The normalized spacial score (nSPS) is 11.6. The van der Waals surface area contributed by atoms with Crippen LogP contribution >= 0.6 is 0 Å². The van der Waals surface area contributed by atoms with Crippen molar-refractivity contribution in [2.45, 2.75) is 37.6 Å². The fourth-order valence-corrected chi connectivity index (χ4v) is 3.69. The van der Waals surface area contributed by atoms with Gasteiger partial charge in [0, 0.05) is 31.7 Å². The summed E-state index contributed by atoms with van der Waals surface area (Å²) in [5.41, 5.74) is 0.510. The van der Waals surface area contributed by atoms with Gasteiger partial charge in [0.15, 0.2) is 5.76 Å². The molecular weight excluding hydrogens is 382 g/mol. The minimum Gasteiger partial charge on any atom is -0.459 e. The zero-order valence-corrected chi connectivity index (χ0v) is 17.0. The number of nitrogens with one attached hydrogen (secondary N) is 2. The SMILES string of the molecule is CC(C)N(C)S(=O)(=O)c1ccc(NC(=O)CCCNC(=O)c2ccco2)cc1. The molecule has 1 heterocycles. The molecule has 0 saturated heterocycles. The number of nitrogens with zero attached hydrogens (tertiary/aromatic N) is 1. The van der Waals surface area contributed by atoms with Gasteiger partial charge < -0.3 is 15.1 Å². The summed E-state index contributed by atoms with van der Waals surface area (Å²) >= 11 is 0. The van der Waals surface area contributed by atoms with Crippen LogP contribution in [0.1, 0.15) is 37.2 Å². The molecule has 0 atom stereocenters. The van der Waals surface area contributed by atoms with Crippen LogP contribution in [0.5, 0.6) is 0 Å². The number of anilines is 1. The largest absolute Gasteiger partial charge is 0.459 e. The molecule has 1 aromatic heterocycles. The van der Waals surface area contributed by atoms with Gasteiger partial charge in [0.1, 0.15) is 0 Å². The monoisotopic (exact) mass is 407 g/mol. The lowest BCUT2D eigenvalue weighted by Crippen LogP contribution is -2.33. The molecule has 0 bridgehead atoms. The highest BCUT2D eigenvalue weighted by atomic mass is 32.2. The maximum absolute atomic E-state index is 12.4. The van der Waals surface area contributed by atoms with Crippen LogP contribution in [0.4, 0.5) is 5.69 Å². The topological polar surface area (TPSA) is 109 Å². The van der Waals surface area contributed by atoms with Crippen molar-refractivity contribution in [2.24, 2.45) is 0 Å². The number of furan rings is 1. The molecule has 0 aliphatic heterocycles. The number of benzene rings is 1. The van der Waals surface area contributed by atoms with Gasteiger partial charge in [-0.3, -0.25) is 9.59 Å². The number of hydrogen-bond donors (Lipinski definition) is 2. The second-order valence-electron chi connectivity index (χ2n) is 6.52. The molecule has 1 aromatic carbocycles. The molecule has 2 rings (SSSR count). The number of carbonyl (C=O) groups is 2. The van der Waals surface area contributed by atoms with E-state index in [0.29, 0.717) is 18.7 Å². The van der Waals surface area contributed by atoms with Gasteiger partial charge in [-0.15, -0.1) is 0 Å². The Morgan fingerprint density at radius 3 is 2.39 bits per heavy atom. The highest BCUT2D eigenvalue weighted by Crippen LogP contribution is 2.19. The first-order chi connectivity index (χ1) is 13.2. The summed E-state index contributed by atoms with van der Waals surface area (Å²) in [6.45, 7) is 3.93. The number of hydrogen-bond acceptors (Lipinski definition) is 5. The third kappa shape index (κ3) is 5.67. The minimum absolute atomic E-state index is 0.155. The Hall–Kier alpha value is -2.65. The molecule has 2 N–H and O–H groups in total. The maximum Gasteiger partial charge on any atom is 0.286 e. The Balaban J connectivity index is 1.80. The van der Waals surface area contributed by atoms with Gasteiger partial charge in [0.2, 0.25) is 15.9 Å². The Bertz CT molecular complexity index is 890. The van der Waals surface area contributed by atoms with Gasteiger partial charge in [-0.25, -0.2) is 8.42 Å². The van der Waals surface area contributed by atoms with Crippen molar-refractivity contribution in [2.75, 3.05) is 18.9 Å². The average Bonchev–Trinajstić information content (AvgIpc) is 3.19. The third-order valence-corrected chi connectivity index (χ3v) is 6.20. The van der Waals surface area contributed by atoms with Crippen LogP contribution in [0.15, 0.2) is 52.0 Å². The molecule has 152 valence electrons. The molecule has 8 nitrogen and oxygen atoms in total. The Morgan fingerprint density at radius 2 is 1.82 bits per heavy atom. The number of carbonyl (C=O) groups excluding carboxylic acids is 2. The highest BCUT2D eigenvalue weighted by molar-refractivity contribution is 7.89. The lowest BCUT2D eigenvalue weighted by Gasteiger charge is -2.21. The molecule has 0 fully saturated rings. The predicted octanol–water partition coefficient (Wildman–Crippen LogP) is 2.46. The number of amides is 2. The summed E-state index contributed by atoms with van der Waals surface area (Å²) in [6.07, 6.45) is 2.10. The Morgan fingerprint density at radius 1 is 1.14 bits per heavy atom. The van der Waals surface area contributed by atoms with Crippen molar-refractivity contribution in [3.8, 4) is 0 Å². The number of sulfonamides is 1. The van der Waals surface area contributed by atoms with Gasteiger partial charge >= 0.3 is 0 Å². The smallest absolute Gasteiger partial charge is 0.286 e. The lowest BCUT2D eigenvalue weighted by molar-refractivity contribution is -0.116. The summed E-state index contributed by atoms with van der Waals surface area (Å²) in [7, 11) is -2.03. The maximum atomic E-state index is 12.4. The molecule has 0 aliphatic rings. The second kappa shape index (κ2) is 9.52. The van der Waals surface area contributed by atoms with Gasteiger partial charge in [0.25, 0.3) is 5.91 Å². The summed E-state index contributed by atoms with van der Waals surface area (Å²) < 4.78 is 31.1. The van der Waals surface area contributed by atoms with Crippen LogP contribution in [-0.2, 0) is 14.8 Å². The van der Waals surface area contributed by atoms with Crippen LogP contribution in [0.2, 0.25) is 0 Å². The molecule has 2 aromatic rings. The van der Waals surface area contributed by atoms with Gasteiger partial charge in [-0.2, -0.15) is 4.31 Å². The molecule has 0 spiro atoms. The predicted molar refractivity (Wildman–Crippen MR) is 105 cm³/mol.